The van der Waals surface area contributed by atoms with Crippen molar-refractivity contribution in [1.82, 2.24) is 4.90 Å². The van der Waals surface area contributed by atoms with Crippen LogP contribution in [0.2, 0.25) is 0 Å². The van der Waals surface area contributed by atoms with Crippen LogP contribution in [0, 0.1) is 10.1 Å². The van der Waals surface area contributed by atoms with Gasteiger partial charge in [-0.15, -0.1) is 11.3 Å². The maximum absolute atomic E-state index is 11.2. The lowest BCUT2D eigenvalue weighted by Crippen LogP contribution is -2.54. The molecule has 176 valence electrons. The topological polar surface area (TPSA) is 80.4 Å². The van der Waals surface area contributed by atoms with Gasteiger partial charge in [0, 0.05) is 24.2 Å². The van der Waals surface area contributed by atoms with E-state index in [2.05, 4.69) is 30.0 Å². The van der Waals surface area contributed by atoms with E-state index in [0.29, 0.717) is 19.0 Å². The minimum Gasteiger partial charge on any atom is -0.490 e. The Hall–Kier alpha value is -3.59. The molecule has 0 aliphatic carbocycles. The normalized spacial score (nSPS) is 18.9. The maximum Gasteiger partial charge on any atom is 0.269 e. The lowest BCUT2D eigenvalue weighted by atomic mass is 9.87. The van der Waals surface area contributed by atoms with Crippen LogP contribution in [-0.4, -0.2) is 35.4 Å². The molecule has 2 aromatic carbocycles. The van der Waals surface area contributed by atoms with Gasteiger partial charge < -0.3 is 14.4 Å². The van der Waals surface area contributed by atoms with Gasteiger partial charge in [-0.05, 0) is 68.5 Å². The molecule has 8 nitrogen and oxygen atoms in total. The fourth-order valence-corrected chi connectivity index (χ4v) is 5.50. The zero-order valence-corrected chi connectivity index (χ0v) is 20.2. The molecule has 5 rings (SSSR count). The van der Waals surface area contributed by atoms with Crippen LogP contribution in [0.5, 0.6) is 11.5 Å². The van der Waals surface area contributed by atoms with Crippen LogP contribution in [0.4, 0.5) is 11.4 Å². The summed E-state index contributed by atoms with van der Waals surface area (Å²) in [4.78, 5) is 14.2. The van der Waals surface area contributed by atoms with Crippen molar-refractivity contribution in [2.24, 2.45) is 5.10 Å². The highest BCUT2D eigenvalue weighted by Gasteiger charge is 2.51. The molecule has 0 amide bonds. The summed E-state index contributed by atoms with van der Waals surface area (Å²) in [5.74, 6) is 2.35. The van der Waals surface area contributed by atoms with E-state index >= 15 is 0 Å². The molecule has 2 aliphatic heterocycles. The Kier molecular flexibility index (Phi) is 5.65. The van der Waals surface area contributed by atoms with Crippen molar-refractivity contribution in [3.05, 3.63) is 80.0 Å². The first-order valence-corrected chi connectivity index (χ1v) is 12.2. The van der Waals surface area contributed by atoms with E-state index in [4.69, 9.17) is 14.6 Å². The van der Waals surface area contributed by atoms with E-state index in [-0.39, 0.29) is 10.6 Å². The maximum atomic E-state index is 11.2. The van der Waals surface area contributed by atoms with Crippen molar-refractivity contribution in [3.8, 4) is 11.5 Å². The quantitative estimate of drug-likeness (QED) is 0.336. The number of ether oxygens (including phenoxy) is 2. The van der Waals surface area contributed by atoms with Crippen LogP contribution in [0.3, 0.4) is 0 Å². The first-order chi connectivity index (χ1) is 16.5. The Morgan fingerprint density at radius 3 is 2.44 bits per heavy atom. The van der Waals surface area contributed by atoms with Gasteiger partial charge in [0.1, 0.15) is 0 Å². The van der Waals surface area contributed by atoms with Crippen molar-refractivity contribution in [2.75, 3.05) is 24.8 Å². The number of amidine groups is 1. The molecule has 1 atom stereocenters. The number of benzene rings is 2. The lowest BCUT2D eigenvalue weighted by Gasteiger charge is -2.46. The Balaban J connectivity index is 1.68. The zero-order valence-electron chi connectivity index (χ0n) is 19.4. The summed E-state index contributed by atoms with van der Waals surface area (Å²) >= 11 is 1.65. The number of nitro benzene ring substituents is 1. The number of hydrogen-bond donors (Lipinski definition) is 0. The van der Waals surface area contributed by atoms with E-state index < -0.39 is 5.66 Å². The summed E-state index contributed by atoms with van der Waals surface area (Å²) in [6.45, 7) is 7.94. The molecule has 9 heteroatoms. The molecule has 0 saturated heterocycles. The fourth-order valence-electron chi connectivity index (χ4n) is 4.78. The zero-order chi connectivity index (χ0) is 23.9. The third kappa shape index (κ3) is 3.47. The Morgan fingerprint density at radius 1 is 1.12 bits per heavy atom. The highest BCUT2D eigenvalue weighted by atomic mass is 32.1. The van der Waals surface area contributed by atoms with Gasteiger partial charge >= 0.3 is 0 Å². The molecule has 0 radical (unpaired) electrons. The van der Waals surface area contributed by atoms with Gasteiger partial charge in [-0.1, -0.05) is 6.07 Å². The summed E-state index contributed by atoms with van der Waals surface area (Å²) < 4.78 is 11.8. The smallest absolute Gasteiger partial charge is 0.269 e. The average Bonchev–Trinajstić information content (AvgIpc) is 3.46. The number of hydrazone groups is 1. The summed E-state index contributed by atoms with van der Waals surface area (Å²) in [5, 5.41) is 20.3. The van der Waals surface area contributed by atoms with Crippen LogP contribution in [0.15, 0.2) is 59.0 Å². The number of rotatable bonds is 7. The standard InChI is InChI=1S/C25H26N4O4S/c1-4-32-21-15-17-12-13-27-24(23-7-6-14-34-23)26-28(18-8-10-19(11-9-18)29(30)31)25(27,3)20(17)16-22(21)33-5-2/h6-11,14-16H,4-5,12-13H2,1-3H3. The number of non-ortho nitro benzene ring substituents is 1. The van der Waals surface area contributed by atoms with E-state index in [1.807, 2.05) is 30.3 Å². The largest absolute Gasteiger partial charge is 0.490 e. The summed E-state index contributed by atoms with van der Waals surface area (Å²) in [6.07, 6.45) is 0.843. The van der Waals surface area contributed by atoms with Crippen molar-refractivity contribution in [1.29, 1.82) is 0 Å². The molecule has 0 saturated carbocycles. The molecule has 3 aromatic rings. The van der Waals surface area contributed by atoms with E-state index in [0.717, 1.165) is 40.7 Å². The number of hydrogen-bond acceptors (Lipinski definition) is 8. The molecule has 2 aliphatic rings. The van der Waals surface area contributed by atoms with E-state index in [9.17, 15) is 10.1 Å². The second-order valence-electron chi connectivity index (χ2n) is 8.23. The van der Waals surface area contributed by atoms with Crippen LogP contribution in [-0.2, 0) is 12.1 Å². The van der Waals surface area contributed by atoms with Crippen LogP contribution in [0.1, 0.15) is 36.8 Å². The molecule has 1 unspecified atom stereocenters. The number of nitrogens with zero attached hydrogens (tertiary/aromatic N) is 4. The van der Waals surface area contributed by atoms with Crippen LogP contribution in [0.25, 0.3) is 0 Å². The first-order valence-electron chi connectivity index (χ1n) is 11.3. The van der Waals surface area contributed by atoms with Gasteiger partial charge in [-0.25, -0.2) is 5.01 Å². The molecule has 0 fully saturated rings. The lowest BCUT2D eigenvalue weighted by molar-refractivity contribution is -0.384. The Morgan fingerprint density at radius 2 is 1.82 bits per heavy atom. The predicted octanol–water partition coefficient (Wildman–Crippen LogP) is 5.37. The first kappa shape index (κ1) is 22.2. The monoisotopic (exact) mass is 478 g/mol. The fraction of sp³-hybridized carbons (Fsp3) is 0.320. The van der Waals surface area contributed by atoms with Gasteiger partial charge in [0.25, 0.3) is 5.69 Å². The van der Waals surface area contributed by atoms with Gasteiger partial charge in [-0.2, -0.15) is 5.10 Å². The summed E-state index contributed by atoms with van der Waals surface area (Å²) in [7, 11) is 0. The minimum absolute atomic E-state index is 0.0523. The Labute approximate surface area is 202 Å². The molecule has 0 N–H and O–H groups in total. The van der Waals surface area contributed by atoms with Gasteiger partial charge in [0.2, 0.25) is 0 Å². The summed E-state index contributed by atoms with van der Waals surface area (Å²) in [6, 6.07) is 14.8. The molecule has 1 aromatic heterocycles. The van der Waals surface area contributed by atoms with E-state index in [1.54, 1.807) is 23.5 Å². The van der Waals surface area contributed by atoms with Gasteiger partial charge in [0.05, 0.1) is 28.7 Å². The highest BCUT2D eigenvalue weighted by Crippen LogP contribution is 2.48. The SMILES string of the molecule is CCOc1cc2c(cc1OCC)C1(C)N(CC2)C(c2cccs2)=NN1c1ccc([N+](=O)[O-])cc1. The molecule has 34 heavy (non-hydrogen) atoms. The number of thiophene rings is 1. The molecule has 3 heterocycles. The number of anilines is 1. The van der Waals surface area contributed by atoms with Crippen molar-refractivity contribution in [2.45, 2.75) is 32.9 Å². The van der Waals surface area contributed by atoms with Gasteiger partial charge in [0.15, 0.2) is 23.0 Å². The second-order valence-corrected chi connectivity index (χ2v) is 9.18. The van der Waals surface area contributed by atoms with Crippen molar-refractivity contribution >= 4 is 28.5 Å². The van der Waals surface area contributed by atoms with Gasteiger partial charge in [-0.3, -0.25) is 10.1 Å². The summed E-state index contributed by atoms with van der Waals surface area (Å²) in [5.41, 5.74) is 2.46. The van der Waals surface area contributed by atoms with E-state index in [1.165, 1.54) is 17.7 Å². The van der Waals surface area contributed by atoms with Crippen LogP contribution < -0.4 is 14.5 Å². The van der Waals surface area contributed by atoms with Crippen molar-refractivity contribution < 1.29 is 14.4 Å². The molecular formula is C25H26N4O4S. The second kappa shape index (κ2) is 8.64. The predicted molar refractivity (Wildman–Crippen MR) is 133 cm³/mol. The van der Waals surface area contributed by atoms with Crippen molar-refractivity contribution in [3.63, 3.8) is 0 Å². The number of nitro groups is 1. The molecule has 0 spiro atoms. The molecular weight excluding hydrogens is 452 g/mol. The minimum atomic E-state index is -0.639. The Bertz CT molecular complexity index is 1240. The third-order valence-corrected chi connectivity index (χ3v) is 7.19. The molecule has 0 bridgehead atoms. The van der Waals surface area contributed by atoms with Crippen LogP contribution >= 0.6 is 11.3 Å². The average molecular weight is 479 g/mol. The third-order valence-electron chi connectivity index (χ3n) is 6.32. The number of fused-ring (bicyclic) bond motifs is 3. The highest BCUT2D eigenvalue weighted by molar-refractivity contribution is 7.12.